The van der Waals surface area contributed by atoms with Crippen molar-refractivity contribution in [1.82, 2.24) is 5.32 Å². The van der Waals surface area contributed by atoms with Crippen molar-refractivity contribution < 1.29 is 19.1 Å². The molecule has 0 radical (unpaired) electrons. The van der Waals surface area contributed by atoms with Crippen LogP contribution in [0.25, 0.3) is 0 Å². The van der Waals surface area contributed by atoms with Crippen LogP contribution in [0.15, 0.2) is 54.6 Å². The fourth-order valence-electron chi connectivity index (χ4n) is 3.26. The van der Waals surface area contributed by atoms with Crippen LogP contribution < -0.4 is 10.1 Å². The molecule has 0 heterocycles. The molecule has 2 atom stereocenters. The van der Waals surface area contributed by atoms with Gasteiger partial charge >= 0.3 is 5.97 Å². The molecule has 0 aliphatic carbocycles. The monoisotopic (exact) mass is 411 g/mol. The number of rotatable bonds is 10. The Kier molecular flexibility index (Phi) is 8.46. The molecule has 0 fully saturated rings. The fraction of sp³-hybridized carbons (Fsp3) is 0.440. The van der Waals surface area contributed by atoms with Crippen LogP contribution in [0, 0.1) is 5.92 Å². The van der Waals surface area contributed by atoms with E-state index >= 15 is 0 Å². The predicted molar refractivity (Wildman–Crippen MR) is 118 cm³/mol. The molecule has 1 amide bonds. The van der Waals surface area contributed by atoms with Crippen LogP contribution in [-0.2, 0) is 19.7 Å². The third-order valence-corrected chi connectivity index (χ3v) is 5.30. The number of benzene rings is 2. The van der Waals surface area contributed by atoms with Crippen molar-refractivity contribution in [3.63, 3.8) is 0 Å². The molecule has 162 valence electrons. The average Bonchev–Trinajstić information content (AvgIpc) is 2.76. The van der Waals surface area contributed by atoms with Crippen LogP contribution in [-0.4, -0.2) is 25.6 Å². The molecule has 0 bridgehead atoms. The maximum absolute atomic E-state index is 13.0. The summed E-state index contributed by atoms with van der Waals surface area (Å²) in [6, 6.07) is 15.8. The lowest BCUT2D eigenvalue weighted by atomic mass is 9.83. The van der Waals surface area contributed by atoms with Gasteiger partial charge in [-0.05, 0) is 49.4 Å². The predicted octanol–water partition coefficient (Wildman–Crippen LogP) is 4.81. The van der Waals surface area contributed by atoms with E-state index in [1.807, 2.05) is 56.3 Å². The zero-order chi connectivity index (χ0) is 22.1. The Morgan fingerprint density at radius 1 is 1.03 bits per heavy atom. The van der Waals surface area contributed by atoms with Crippen LogP contribution in [0.1, 0.15) is 57.7 Å². The summed E-state index contributed by atoms with van der Waals surface area (Å²) in [6.07, 6.45) is 2.25. The van der Waals surface area contributed by atoms with E-state index in [4.69, 9.17) is 9.47 Å². The smallest absolute Gasteiger partial charge is 0.333 e. The number of esters is 1. The summed E-state index contributed by atoms with van der Waals surface area (Å²) in [5, 5.41) is 2.85. The Morgan fingerprint density at radius 3 is 2.23 bits per heavy atom. The van der Waals surface area contributed by atoms with Crippen molar-refractivity contribution in [3.8, 4) is 5.75 Å². The quantitative estimate of drug-likeness (QED) is 0.570. The van der Waals surface area contributed by atoms with Crippen molar-refractivity contribution >= 4 is 11.9 Å². The van der Waals surface area contributed by atoms with Gasteiger partial charge in [-0.1, -0.05) is 62.7 Å². The molecule has 0 saturated heterocycles. The molecule has 30 heavy (non-hydrogen) atoms. The molecule has 1 N–H and O–H groups in total. The Bertz CT molecular complexity index is 815. The molecule has 0 aromatic heterocycles. The molecule has 5 nitrogen and oxygen atoms in total. The lowest BCUT2D eigenvalue weighted by molar-refractivity contribution is -0.145. The lowest BCUT2D eigenvalue weighted by Crippen LogP contribution is -2.44. The molecule has 0 spiro atoms. The number of carbonyl (C=O) groups is 2. The molecule has 0 saturated carbocycles. The molecule has 0 aliphatic rings. The van der Waals surface area contributed by atoms with Crippen molar-refractivity contribution in [1.29, 1.82) is 0 Å². The van der Waals surface area contributed by atoms with Gasteiger partial charge in [0.05, 0.1) is 19.1 Å². The first kappa shape index (κ1) is 23.5. The van der Waals surface area contributed by atoms with Gasteiger partial charge in [-0.3, -0.25) is 4.79 Å². The minimum Gasteiger partial charge on any atom is -0.493 e. The summed E-state index contributed by atoms with van der Waals surface area (Å²) in [5.41, 5.74) is 0.718. The summed E-state index contributed by atoms with van der Waals surface area (Å²) >= 11 is 0. The molecule has 1 unspecified atom stereocenters. The Labute approximate surface area is 179 Å². The van der Waals surface area contributed by atoms with E-state index in [2.05, 4.69) is 19.2 Å². The fourth-order valence-corrected chi connectivity index (χ4v) is 3.26. The Hall–Kier alpha value is -2.82. The number of methoxy groups -OCH3 is 1. The van der Waals surface area contributed by atoms with E-state index in [-0.39, 0.29) is 5.91 Å². The molecule has 5 heteroatoms. The summed E-state index contributed by atoms with van der Waals surface area (Å²) in [6.45, 7) is 8.64. The zero-order valence-corrected chi connectivity index (χ0v) is 18.6. The van der Waals surface area contributed by atoms with E-state index < -0.39 is 17.4 Å². The first-order chi connectivity index (χ1) is 14.3. The normalized spacial score (nSPS) is 13.2. The zero-order valence-electron chi connectivity index (χ0n) is 18.6. The van der Waals surface area contributed by atoms with Crippen LogP contribution in [0.3, 0.4) is 0 Å². The second-order valence-corrected chi connectivity index (χ2v) is 8.19. The largest absolute Gasteiger partial charge is 0.493 e. The van der Waals surface area contributed by atoms with Crippen molar-refractivity contribution in [2.24, 2.45) is 5.92 Å². The minimum atomic E-state index is -0.890. The van der Waals surface area contributed by atoms with Gasteiger partial charge in [0, 0.05) is 0 Å². The van der Waals surface area contributed by atoms with Crippen molar-refractivity contribution in [3.05, 3.63) is 65.7 Å². The first-order valence-electron chi connectivity index (χ1n) is 10.5. The highest BCUT2D eigenvalue weighted by Crippen LogP contribution is 2.26. The number of ether oxygens (including phenoxy) is 2. The standard InChI is InChI=1S/C25H33NO4/c1-6-10-18(2)17-30-21-15-13-19(14-16-21)22(23(27)29-5)26-24(28)25(3,4)20-11-8-7-9-12-20/h7-9,11-16,18,22H,6,10,17H2,1-5H3,(H,26,28)/t18?,22-/m1/s1. The second kappa shape index (κ2) is 10.8. The highest BCUT2D eigenvalue weighted by Gasteiger charge is 2.33. The van der Waals surface area contributed by atoms with Gasteiger partial charge in [-0.2, -0.15) is 0 Å². The van der Waals surface area contributed by atoms with Gasteiger partial charge in [-0.15, -0.1) is 0 Å². The summed E-state index contributed by atoms with van der Waals surface area (Å²) in [5.74, 6) is 0.452. The van der Waals surface area contributed by atoms with Gasteiger partial charge in [0.25, 0.3) is 0 Å². The van der Waals surface area contributed by atoms with E-state index in [1.54, 1.807) is 12.1 Å². The summed E-state index contributed by atoms with van der Waals surface area (Å²) in [4.78, 5) is 25.4. The number of amides is 1. The van der Waals surface area contributed by atoms with Gasteiger partial charge in [0.2, 0.25) is 5.91 Å². The number of hydrogen-bond donors (Lipinski definition) is 1. The SMILES string of the molecule is CCCC(C)COc1ccc([C@@H](NC(=O)C(C)(C)c2ccccc2)C(=O)OC)cc1. The third kappa shape index (κ3) is 6.09. The minimum absolute atomic E-state index is 0.252. The van der Waals surface area contributed by atoms with E-state index in [9.17, 15) is 9.59 Å². The Balaban J connectivity index is 2.14. The van der Waals surface area contributed by atoms with Crippen molar-refractivity contribution in [2.75, 3.05) is 13.7 Å². The maximum atomic E-state index is 13.0. The van der Waals surface area contributed by atoms with Crippen molar-refractivity contribution in [2.45, 2.75) is 52.0 Å². The van der Waals surface area contributed by atoms with Crippen LogP contribution in [0.2, 0.25) is 0 Å². The molecular weight excluding hydrogens is 378 g/mol. The Morgan fingerprint density at radius 2 is 1.67 bits per heavy atom. The summed E-state index contributed by atoms with van der Waals surface area (Å²) in [7, 11) is 1.32. The molecule has 0 aliphatic heterocycles. The van der Waals surface area contributed by atoms with Gasteiger partial charge in [0.15, 0.2) is 6.04 Å². The van der Waals surface area contributed by atoms with Gasteiger partial charge < -0.3 is 14.8 Å². The topological polar surface area (TPSA) is 64.6 Å². The molecular formula is C25H33NO4. The third-order valence-electron chi connectivity index (χ3n) is 5.30. The van der Waals surface area contributed by atoms with Crippen LogP contribution >= 0.6 is 0 Å². The van der Waals surface area contributed by atoms with E-state index in [0.29, 0.717) is 18.1 Å². The number of nitrogens with one attached hydrogen (secondary N) is 1. The number of hydrogen-bond acceptors (Lipinski definition) is 4. The second-order valence-electron chi connectivity index (χ2n) is 8.19. The highest BCUT2D eigenvalue weighted by molar-refractivity contribution is 5.91. The maximum Gasteiger partial charge on any atom is 0.333 e. The summed E-state index contributed by atoms with van der Waals surface area (Å²) < 4.78 is 10.8. The van der Waals surface area contributed by atoms with Gasteiger partial charge in [-0.25, -0.2) is 4.79 Å². The van der Waals surface area contributed by atoms with Crippen LogP contribution in [0.4, 0.5) is 0 Å². The molecule has 2 aromatic carbocycles. The average molecular weight is 412 g/mol. The molecule has 2 aromatic rings. The van der Waals surface area contributed by atoms with E-state index in [0.717, 1.165) is 24.2 Å². The van der Waals surface area contributed by atoms with Crippen LogP contribution in [0.5, 0.6) is 5.75 Å². The molecule has 2 rings (SSSR count). The van der Waals surface area contributed by atoms with Gasteiger partial charge in [0.1, 0.15) is 5.75 Å². The van der Waals surface area contributed by atoms with E-state index in [1.165, 1.54) is 7.11 Å². The number of carbonyl (C=O) groups excluding carboxylic acids is 2. The highest BCUT2D eigenvalue weighted by atomic mass is 16.5. The first-order valence-corrected chi connectivity index (χ1v) is 10.5. The lowest BCUT2D eigenvalue weighted by Gasteiger charge is -2.27.